The van der Waals surface area contributed by atoms with Gasteiger partial charge in [0.1, 0.15) is 0 Å². The van der Waals surface area contributed by atoms with Gasteiger partial charge in [-0.1, -0.05) is 20.3 Å². The second-order valence-electron chi connectivity index (χ2n) is 5.07. The smallest absolute Gasteiger partial charge is 0.305 e. The van der Waals surface area contributed by atoms with Crippen LogP contribution in [0.15, 0.2) is 0 Å². The van der Waals surface area contributed by atoms with Crippen LogP contribution in [0.3, 0.4) is 0 Å². The highest BCUT2D eigenvalue weighted by Gasteiger charge is 2.14. The van der Waals surface area contributed by atoms with E-state index in [0.29, 0.717) is 25.4 Å². The highest BCUT2D eigenvalue weighted by molar-refractivity contribution is 5.69. The lowest BCUT2D eigenvalue weighted by Gasteiger charge is -2.17. The second kappa shape index (κ2) is 6.83. The largest absolute Gasteiger partial charge is 0.465 e. The first-order valence-electron chi connectivity index (χ1n) is 5.79. The molecule has 0 saturated carbocycles. The molecule has 15 heavy (non-hydrogen) atoms. The van der Waals surface area contributed by atoms with Crippen molar-refractivity contribution in [2.75, 3.05) is 6.61 Å². The Labute approximate surface area is 93.4 Å². The Morgan fingerprint density at radius 1 is 1.47 bits per heavy atom. The molecule has 1 unspecified atom stereocenters. The summed E-state index contributed by atoms with van der Waals surface area (Å²) < 4.78 is 5.16. The van der Waals surface area contributed by atoms with Gasteiger partial charge in [0.2, 0.25) is 0 Å². The minimum absolute atomic E-state index is 0.128. The molecular formula is C12H25NO2. The van der Waals surface area contributed by atoms with Crippen molar-refractivity contribution in [1.82, 2.24) is 0 Å². The summed E-state index contributed by atoms with van der Waals surface area (Å²) in [7, 11) is 0. The van der Waals surface area contributed by atoms with Gasteiger partial charge in [0.25, 0.3) is 0 Å². The van der Waals surface area contributed by atoms with Crippen LogP contribution in [-0.4, -0.2) is 18.1 Å². The van der Waals surface area contributed by atoms with E-state index in [2.05, 4.69) is 13.8 Å². The minimum Gasteiger partial charge on any atom is -0.465 e. The third-order valence-electron chi connectivity index (χ3n) is 2.28. The Hall–Kier alpha value is -0.570. The lowest BCUT2D eigenvalue weighted by Crippen LogP contribution is -2.32. The number of nitrogens with two attached hydrogens (primary N) is 1. The molecule has 0 aliphatic heterocycles. The number of rotatable bonds is 7. The standard InChI is InChI=1S/C12H25NO2/c1-5-6-10(2)9-15-11(14)7-8-12(3,4)13/h10H,5-9,13H2,1-4H3. The fourth-order valence-corrected chi connectivity index (χ4v) is 1.31. The summed E-state index contributed by atoms with van der Waals surface area (Å²) in [6.45, 7) is 8.61. The van der Waals surface area contributed by atoms with Crippen LogP contribution in [0.2, 0.25) is 0 Å². The predicted octanol–water partition coefficient (Wildman–Crippen LogP) is 2.48. The summed E-state index contributed by atoms with van der Waals surface area (Å²) in [5.74, 6) is 0.335. The molecule has 0 aliphatic rings. The van der Waals surface area contributed by atoms with E-state index in [4.69, 9.17) is 10.5 Å². The number of ether oxygens (including phenoxy) is 1. The molecule has 2 N–H and O–H groups in total. The van der Waals surface area contributed by atoms with Gasteiger partial charge in [-0.15, -0.1) is 0 Å². The van der Waals surface area contributed by atoms with Gasteiger partial charge in [-0.3, -0.25) is 4.79 Å². The first-order valence-corrected chi connectivity index (χ1v) is 5.79. The van der Waals surface area contributed by atoms with Crippen molar-refractivity contribution in [3.05, 3.63) is 0 Å². The predicted molar refractivity (Wildman–Crippen MR) is 62.5 cm³/mol. The minimum atomic E-state index is -0.284. The van der Waals surface area contributed by atoms with Crippen LogP contribution in [-0.2, 0) is 9.53 Å². The SMILES string of the molecule is CCCC(C)COC(=O)CCC(C)(C)N. The normalized spacial score (nSPS) is 13.7. The molecule has 0 saturated heterocycles. The van der Waals surface area contributed by atoms with Crippen LogP contribution in [0.1, 0.15) is 53.4 Å². The molecule has 0 fully saturated rings. The number of carbonyl (C=O) groups is 1. The van der Waals surface area contributed by atoms with Gasteiger partial charge in [-0.2, -0.15) is 0 Å². The molecule has 0 aliphatic carbocycles. The molecule has 0 bridgehead atoms. The van der Waals surface area contributed by atoms with E-state index in [0.717, 1.165) is 12.8 Å². The molecular weight excluding hydrogens is 190 g/mol. The number of hydrogen-bond donors (Lipinski definition) is 1. The maximum absolute atomic E-state index is 11.3. The fourth-order valence-electron chi connectivity index (χ4n) is 1.31. The Morgan fingerprint density at radius 2 is 2.07 bits per heavy atom. The molecule has 0 rings (SSSR count). The molecule has 0 spiro atoms. The first kappa shape index (κ1) is 14.4. The monoisotopic (exact) mass is 215 g/mol. The summed E-state index contributed by atoms with van der Waals surface area (Å²) >= 11 is 0. The zero-order chi connectivity index (χ0) is 11.9. The average Bonchev–Trinajstić information content (AvgIpc) is 2.11. The molecule has 0 radical (unpaired) electrons. The van der Waals surface area contributed by atoms with E-state index in [1.807, 2.05) is 13.8 Å². The number of hydrogen-bond acceptors (Lipinski definition) is 3. The van der Waals surface area contributed by atoms with E-state index in [1.54, 1.807) is 0 Å². The highest BCUT2D eigenvalue weighted by atomic mass is 16.5. The molecule has 0 amide bonds. The van der Waals surface area contributed by atoms with Gasteiger partial charge in [-0.05, 0) is 32.6 Å². The fraction of sp³-hybridized carbons (Fsp3) is 0.917. The molecule has 3 heteroatoms. The molecule has 0 aromatic heterocycles. The third-order valence-corrected chi connectivity index (χ3v) is 2.28. The average molecular weight is 215 g/mol. The maximum atomic E-state index is 11.3. The van der Waals surface area contributed by atoms with Crippen LogP contribution >= 0.6 is 0 Å². The van der Waals surface area contributed by atoms with E-state index in [-0.39, 0.29) is 11.5 Å². The maximum Gasteiger partial charge on any atom is 0.305 e. The van der Waals surface area contributed by atoms with Gasteiger partial charge in [0.05, 0.1) is 6.61 Å². The highest BCUT2D eigenvalue weighted by Crippen LogP contribution is 2.09. The van der Waals surface area contributed by atoms with E-state index in [1.165, 1.54) is 0 Å². The summed E-state index contributed by atoms with van der Waals surface area (Å²) in [5.41, 5.74) is 5.50. The van der Waals surface area contributed by atoms with Crippen molar-refractivity contribution >= 4 is 5.97 Å². The topological polar surface area (TPSA) is 52.3 Å². The summed E-state index contributed by atoms with van der Waals surface area (Å²) in [4.78, 5) is 11.3. The Bertz CT molecular complexity index is 185. The zero-order valence-corrected chi connectivity index (χ0v) is 10.5. The van der Waals surface area contributed by atoms with E-state index in [9.17, 15) is 4.79 Å². The van der Waals surface area contributed by atoms with Gasteiger partial charge in [0, 0.05) is 12.0 Å². The lowest BCUT2D eigenvalue weighted by atomic mass is 10.0. The summed E-state index contributed by atoms with van der Waals surface area (Å²) in [6.07, 6.45) is 3.33. The Balaban J connectivity index is 3.58. The van der Waals surface area contributed by atoms with Crippen LogP contribution < -0.4 is 5.73 Å². The first-order chi connectivity index (χ1) is 6.85. The Kier molecular flexibility index (Phi) is 6.57. The summed E-state index contributed by atoms with van der Waals surface area (Å²) in [5, 5.41) is 0. The van der Waals surface area contributed by atoms with E-state index < -0.39 is 0 Å². The molecule has 3 nitrogen and oxygen atoms in total. The molecule has 0 heterocycles. The van der Waals surface area contributed by atoms with Crippen molar-refractivity contribution < 1.29 is 9.53 Å². The quantitative estimate of drug-likeness (QED) is 0.664. The van der Waals surface area contributed by atoms with Crippen molar-refractivity contribution in [3.63, 3.8) is 0 Å². The molecule has 90 valence electrons. The van der Waals surface area contributed by atoms with Gasteiger partial charge < -0.3 is 10.5 Å². The lowest BCUT2D eigenvalue weighted by molar-refractivity contribution is -0.145. The zero-order valence-electron chi connectivity index (χ0n) is 10.5. The van der Waals surface area contributed by atoms with Gasteiger partial charge >= 0.3 is 5.97 Å². The molecule has 1 atom stereocenters. The van der Waals surface area contributed by atoms with Crippen molar-refractivity contribution in [2.45, 2.75) is 58.9 Å². The summed E-state index contributed by atoms with van der Waals surface area (Å²) in [6, 6.07) is 0. The van der Waals surface area contributed by atoms with Crippen LogP contribution in [0.25, 0.3) is 0 Å². The van der Waals surface area contributed by atoms with Gasteiger partial charge in [-0.25, -0.2) is 0 Å². The van der Waals surface area contributed by atoms with Crippen molar-refractivity contribution in [2.24, 2.45) is 11.7 Å². The van der Waals surface area contributed by atoms with Crippen LogP contribution in [0.4, 0.5) is 0 Å². The Morgan fingerprint density at radius 3 is 2.53 bits per heavy atom. The van der Waals surface area contributed by atoms with E-state index >= 15 is 0 Å². The van der Waals surface area contributed by atoms with Crippen LogP contribution in [0.5, 0.6) is 0 Å². The van der Waals surface area contributed by atoms with Crippen molar-refractivity contribution in [3.8, 4) is 0 Å². The molecule has 0 aromatic carbocycles. The van der Waals surface area contributed by atoms with Crippen LogP contribution in [0, 0.1) is 5.92 Å². The second-order valence-corrected chi connectivity index (χ2v) is 5.07. The third kappa shape index (κ3) is 9.73. The number of esters is 1. The van der Waals surface area contributed by atoms with Crippen molar-refractivity contribution in [1.29, 1.82) is 0 Å². The molecule has 0 aromatic rings. The number of carbonyl (C=O) groups excluding carboxylic acids is 1. The van der Waals surface area contributed by atoms with Gasteiger partial charge in [0.15, 0.2) is 0 Å².